The summed E-state index contributed by atoms with van der Waals surface area (Å²) in [4.78, 5) is 4.15. The van der Waals surface area contributed by atoms with Gasteiger partial charge in [0, 0.05) is 11.1 Å². The zero-order chi connectivity index (χ0) is 12.7. The van der Waals surface area contributed by atoms with E-state index in [0.717, 1.165) is 5.69 Å². The molecule has 1 aromatic rings. The molecule has 0 bridgehead atoms. The number of hydrogen-bond acceptors (Lipinski definition) is 4. The van der Waals surface area contributed by atoms with Crippen LogP contribution in [0.15, 0.2) is 18.3 Å². The van der Waals surface area contributed by atoms with Crippen LogP contribution in [0.3, 0.4) is 0 Å². The van der Waals surface area contributed by atoms with E-state index in [1.54, 1.807) is 13.1 Å². The van der Waals surface area contributed by atoms with Crippen LogP contribution in [-0.4, -0.2) is 31.5 Å². The van der Waals surface area contributed by atoms with Crippen molar-refractivity contribution in [2.75, 3.05) is 18.1 Å². The second kappa shape index (κ2) is 6.96. The molecule has 0 amide bonds. The molecule has 1 heterocycles. The predicted molar refractivity (Wildman–Crippen MR) is 71.3 cm³/mol. The fourth-order valence-corrected chi connectivity index (χ4v) is 2.37. The van der Waals surface area contributed by atoms with Crippen molar-refractivity contribution in [1.82, 2.24) is 4.98 Å². The Hall–Kier alpha value is -0.620. The molecule has 0 saturated carbocycles. The fourth-order valence-electron chi connectivity index (χ4n) is 1.19. The van der Waals surface area contributed by atoms with Crippen molar-refractivity contribution in [3.63, 3.8) is 0 Å². The molecular formula is C11H16BrNO3S. The van der Waals surface area contributed by atoms with Crippen molar-refractivity contribution in [3.8, 4) is 5.75 Å². The molecule has 6 heteroatoms. The molecule has 1 aromatic heterocycles. The van der Waals surface area contributed by atoms with E-state index in [1.165, 1.54) is 0 Å². The van der Waals surface area contributed by atoms with Crippen LogP contribution in [0, 0.1) is 0 Å². The molecule has 0 atom stereocenters. The lowest BCUT2D eigenvalue weighted by Crippen LogP contribution is -2.11. The number of halogens is 1. The van der Waals surface area contributed by atoms with Gasteiger partial charge < -0.3 is 4.74 Å². The van der Waals surface area contributed by atoms with E-state index >= 15 is 0 Å². The van der Waals surface area contributed by atoms with Gasteiger partial charge in [-0.2, -0.15) is 0 Å². The van der Waals surface area contributed by atoms with Crippen LogP contribution >= 0.6 is 15.9 Å². The number of rotatable bonds is 7. The normalized spacial score (nSPS) is 11.4. The predicted octanol–water partition coefficient (Wildman–Crippen LogP) is 2.18. The van der Waals surface area contributed by atoms with Gasteiger partial charge in [-0.25, -0.2) is 8.42 Å². The van der Waals surface area contributed by atoms with E-state index in [4.69, 9.17) is 4.74 Å². The number of hydrogen-bond donors (Lipinski definition) is 0. The summed E-state index contributed by atoms with van der Waals surface area (Å²) in [7, 11) is -2.89. The third kappa shape index (κ3) is 5.50. The van der Waals surface area contributed by atoms with Crippen LogP contribution in [0.2, 0.25) is 0 Å². The summed E-state index contributed by atoms with van der Waals surface area (Å²) in [6.07, 6.45) is 2.15. The zero-order valence-electron chi connectivity index (χ0n) is 9.73. The van der Waals surface area contributed by atoms with Gasteiger partial charge in [0.2, 0.25) is 0 Å². The highest BCUT2D eigenvalue weighted by Crippen LogP contribution is 2.11. The molecule has 0 unspecified atom stereocenters. The van der Waals surface area contributed by atoms with Gasteiger partial charge in [0.1, 0.15) is 15.6 Å². The minimum atomic E-state index is -2.89. The first-order valence-electron chi connectivity index (χ1n) is 5.41. The Morgan fingerprint density at radius 3 is 2.71 bits per heavy atom. The van der Waals surface area contributed by atoms with Gasteiger partial charge in [-0.15, -0.1) is 0 Å². The van der Waals surface area contributed by atoms with E-state index in [9.17, 15) is 8.42 Å². The van der Waals surface area contributed by atoms with E-state index in [2.05, 4.69) is 20.9 Å². The van der Waals surface area contributed by atoms with E-state index in [-0.39, 0.29) is 11.5 Å². The van der Waals surface area contributed by atoms with Crippen molar-refractivity contribution in [2.45, 2.75) is 18.7 Å². The Labute approximate surface area is 110 Å². The molecule has 4 nitrogen and oxygen atoms in total. The summed E-state index contributed by atoms with van der Waals surface area (Å²) >= 11 is 3.31. The topological polar surface area (TPSA) is 56.3 Å². The average molecular weight is 322 g/mol. The monoisotopic (exact) mass is 321 g/mol. The maximum Gasteiger partial charge on any atom is 0.150 e. The second-order valence-electron chi connectivity index (χ2n) is 3.56. The Morgan fingerprint density at radius 2 is 2.18 bits per heavy atom. The summed E-state index contributed by atoms with van der Waals surface area (Å²) in [5.74, 6) is 1.04. The summed E-state index contributed by atoms with van der Waals surface area (Å²) in [6, 6.07) is 3.70. The van der Waals surface area contributed by atoms with Gasteiger partial charge in [-0.05, 0) is 18.6 Å². The largest absolute Gasteiger partial charge is 0.492 e. The first kappa shape index (κ1) is 14.4. The molecule has 17 heavy (non-hydrogen) atoms. The Kier molecular flexibility index (Phi) is 5.91. The molecule has 96 valence electrons. The van der Waals surface area contributed by atoms with Gasteiger partial charge in [0.05, 0.1) is 24.3 Å². The van der Waals surface area contributed by atoms with Crippen LogP contribution in [-0.2, 0) is 15.2 Å². The Morgan fingerprint density at radius 1 is 1.41 bits per heavy atom. The Bertz CT molecular complexity index is 431. The lowest BCUT2D eigenvalue weighted by atomic mass is 10.4. The molecule has 0 aromatic carbocycles. The molecule has 0 N–H and O–H groups in total. The zero-order valence-corrected chi connectivity index (χ0v) is 12.1. The standard InChI is InChI=1S/C11H16BrNO3S/c1-2-17(14,15)7-3-6-16-11-5-4-10(8-12)13-9-11/h4-5,9H,2-3,6-8H2,1H3. The molecule has 0 fully saturated rings. The number of nitrogens with zero attached hydrogens (tertiary/aromatic N) is 1. The lowest BCUT2D eigenvalue weighted by molar-refractivity contribution is 0.316. The summed E-state index contributed by atoms with van der Waals surface area (Å²) in [5, 5.41) is 0.710. The van der Waals surface area contributed by atoms with E-state index < -0.39 is 9.84 Å². The highest BCUT2D eigenvalue weighted by atomic mass is 79.9. The maximum atomic E-state index is 11.2. The number of alkyl halides is 1. The number of sulfone groups is 1. The molecule has 0 saturated heterocycles. The lowest BCUT2D eigenvalue weighted by Gasteiger charge is -2.06. The van der Waals surface area contributed by atoms with E-state index in [1.807, 2.05) is 12.1 Å². The van der Waals surface area contributed by atoms with Crippen LogP contribution in [0.4, 0.5) is 0 Å². The summed E-state index contributed by atoms with van der Waals surface area (Å²) < 4.78 is 27.8. The summed E-state index contributed by atoms with van der Waals surface area (Å²) in [5.41, 5.74) is 0.936. The molecule has 0 aliphatic rings. The van der Waals surface area contributed by atoms with Crippen molar-refractivity contribution in [1.29, 1.82) is 0 Å². The molecular weight excluding hydrogens is 306 g/mol. The third-order valence-electron chi connectivity index (χ3n) is 2.24. The van der Waals surface area contributed by atoms with Crippen LogP contribution in [0.1, 0.15) is 19.0 Å². The van der Waals surface area contributed by atoms with Crippen molar-refractivity contribution in [3.05, 3.63) is 24.0 Å². The average Bonchev–Trinajstić information content (AvgIpc) is 2.35. The Balaban J connectivity index is 2.31. The number of pyridine rings is 1. The van der Waals surface area contributed by atoms with E-state index in [0.29, 0.717) is 24.1 Å². The van der Waals surface area contributed by atoms with Crippen LogP contribution in [0.25, 0.3) is 0 Å². The van der Waals surface area contributed by atoms with Gasteiger partial charge in [-0.3, -0.25) is 4.98 Å². The second-order valence-corrected chi connectivity index (χ2v) is 6.59. The van der Waals surface area contributed by atoms with Gasteiger partial charge in [0.25, 0.3) is 0 Å². The third-order valence-corrected chi connectivity index (χ3v) is 4.61. The number of ether oxygens (including phenoxy) is 1. The van der Waals surface area contributed by atoms with Gasteiger partial charge in [-0.1, -0.05) is 22.9 Å². The molecule has 0 aliphatic carbocycles. The highest BCUT2D eigenvalue weighted by molar-refractivity contribution is 9.08. The maximum absolute atomic E-state index is 11.2. The van der Waals surface area contributed by atoms with Crippen molar-refractivity contribution in [2.24, 2.45) is 0 Å². The highest BCUT2D eigenvalue weighted by Gasteiger charge is 2.06. The van der Waals surface area contributed by atoms with Crippen molar-refractivity contribution >= 4 is 25.8 Å². The minimum Gasteiger partial charge on any atom is -0.492 e. The van der Waals surface area contributed by atoms with Crippen LogP contribution < -0.4 is 4.74 Å². The van der Waals surface area contributed by atoms with Crippen LogP contribution in [0.5, 0.6) is 5.75 Å². The molecule has 0 spiro atoms. The smallest absolute Gasteiger partial charge is 0.150 e. The minimum absolute atomic E-state index is 0.177. The van der Waals surface area contributed by atoms with Gasteiger partial charge in [0.15, 0.2) is 0 Å². The number of aromatic nitrogens is 1. The first-order valence-corrected chi connectivity index (χ1v) is 8.36. The molecule has 0 radical (unpaired) electrons. The SMILES string of the molecule is CCS(=O)(=O)CCCOc1ccc(CBr)nc1. The fraction of sp³-hybridized carbons (Fsp3) is 0.545. The summed E-state index contributed by atoms with van der Waals surface area (Å²) in [6.45, 7) is 2.05. The first-order chi connectivity index (χ1) is 8.07. The quantitative estimate of drug-likeness (QED) is 0.570. The molecule has 1 rings (SSSR count). The van der Waals surface area contributed by atoms with Crippen molar-refractivity contribution < 1.29 is 13.2 Å². The molecule has 0 aliphatic heterocycles. The van der Waals surface area contributed by atoms with Gasteiger partial charge >= 0.3 is 0 Å².